The molecular formula is C21H26N2O4. The molecule has 0 radical (unpaired) electrons. The summed E-state index contributed by atoms with van der Waals surface area (Å²) in [7, 11) is 4.76. The highest BCUT2D eigenvalue weighted by Gasteiger charge is 2.21. The molecule has 1 aliphatic rings. The van der Waals surface area contributed by atoms with Crippen molar-refractivity contribution in [3.63, 3.8) is 0 Å². The molecule has 0 fully saturated rings. The molecule has 1 N–H and O–H groups in total. The predicted octanol–water partition coefficient (Wildman–Crippen LogP) is 2.78. The topological polar surface area (TPSA) is 60.0 Å². The molecule has 0 saturated carbocycles. The van der Waals surface area contributed by atoms with Crippen LogP contribution in [0.25, 0.3) is 0 Å². The van der Waals surface area contributed by atoms with Gasteiger partial charge < -0.3 is 24.4 Å². The van der Waals surface area contributed by atoms with Crippen LogP contribution in [0.4, 0.5) is 5.69 Å². The molecule has 1 aliphatic heterocycles. The van der Waals surface area contributed by atoms with Gasteiger partial charge in [-0.15, -0.1) is 0 Å². The van der Waals surface area contributed by atoms with Crippen LogP contribution in [-0.4, -0.2) is 40.3 Å². The molecule has 2 aromatic rings. The Labute approximate surface area is 160 Å². The fourth-order valence-electron chi connectivity index (χ4n) is 3.44. The van der Waals surface area contributed by atoms with Gasteiger partial charge >= 0.3 is 0 Å². The van der Waals surface area contributed by atoms with E-state index in [4.69, 9.17) is 14.2 Å². The lowest BCUT2D eigenvalue weighted by atomic mass is 10.0. The Hall–Kier alpha value is -2.73. The molecule has 0 aromatic heterocycles. The molecule has 0 atom stereocenters. The SMILES string of the molecule is COc1cc(CNCC(=O)N2CCCc3ccccc32)cc(OC)c1OC. The smallest absolute Gasteiger partial charge is 0.240 e. The van der Waals surface area contributed by atoms with Crippen molar-refractivity contribution in [2.45, 2.75) is 19.4 Å². The van der Waals surface area contributed by atoms with Crippen LogP contribution >= 0.6 is 0 Å². The number of para-hydroxylation sites is 1. The van der Waals surface area contributed by atoms with Gasteiger partial charge in [0.05, 0.1) is 27.9 Å². The summed E-state index contributed by atoms with van der Waals surface area (Å²) in [4.78, 5) is 14.6. The Balaban J connectivity index is 1.64. The van der Waals surface area contributed by atoms with Crippen molar-refractivity contribution < 1.29 is 19.0 Å². The van der Waals surface area contributed by atoms with Crippen molar-refractivity contribution in [3.05, 3.63) is 47.5 Å². The number of carbonyl (C=O) groups is 1. The average molecular weight is 370 g/mol. The van der Waals surface area contributed by atoms with Crippen LogP contribution in [0.3, 0.4) is 0 Å². The number of ether oxygens (including phenoxy) is 3. The maximum absolute atomic E-state index is 12.7. The highest BCUT2D eigenvalue weighted by Crippen LogP contribution is 2.38. The highest BCUT2D eigenvalue weighted by molar-refractivity contribution is 5.95. The third-order valence-corrected chi connectivity index (χ3v) is 4.74. The Bertz CT molecular complexity index is 782. The van der Waals surface area contributed by atoms with Crippen LogP contribution in [0.15, 0.2) is 36.4 Å². The summed E-state index contributed by atoms with van der Waals surface area (Å²) >= 11 is 0. The van der Waals surface area contributed by atoms with Gasteiger partial charge in [-0.3, -0.25) is 4.79 Å². The third kappa shape index (κ3) is 4.17. The van der Waals surface area contributed by atoms with Crippen molar-refractivity contribution in [2.75, 3.05) is 39.3 Å². The highest BCUT2D eigenvalue weighted by atomic mass is 16.5. The maximum Gasteiger partial charge on any atom is 0.240 e. The zero-order chi connectivity index (χ0) is 19.2. The van der Waals surface area contributed by atoms with E-state index in [1.807, 2.05) is 35.2 Å². The van der Waals surface area contributed by atoms with E-state index >= 15 is 0 Å². The minimum atomic E-state index is 0.0783. The zero-order valence-electron chi connectivity index (χ0n) is 16.1. The molecule has 0 aliphatic carbocycles. The molecule has 1 heterocycles. The maximum atomic E-state index is 12.7. The molecular weight excluding hydrogens is 344 g/mol. The largest absolute Gasteiger partial charge is 0.493 e. The molecule has 144 valence electrons. The quantitative estimate of drug-likeness (QED) is 0.812. The van der Waals surface area contributed by atoms with E-state index in [0.717, 1.165) is 30.6 Å². The average Bonchev–Trinajstić information content (AvgIpc) is 2.72. The first-order valence-corrected chi connectivity index (χ1v) is 9.05. The lowest BCUT2D eigenvalue weighted by molar-refractivity contribution is -0.117. The van der Waals surface area contributed by atoms with Crippen LogP contribution in [-0.2, 0) is 17.8 Å². The Morgan fingerprint density at radius 2 is 1.78 bits per heavy atom. The standard InChI is InChI=1S/C21H26N2O4/c1-25-18-11-15(12-19(26-2)21(18)27-3)13-22-14-20(24)23-10-6-8-16-7-4-5-9-17(16)23/h4-5,7,9,11-12,22H,6,8,10,13-14H2,1-3H3. The lowest BCUT2D eigenvalue weighted by Crippen LogP contribution is -2.41. The van der Waals surface area contributed by atoms with Crippen LogP contribution in [0, 0.1) is 0 Å². The number of nitrogens with zero attached hydrogens (tertiary/aromatic N) is 1. The monoisotopic (exact) mass is 370 g/mol. The first-order chi connectivity index (χ1) is 13.2. The fourth-order valence-corrected chi connectivity index (χ4v) is 3.44. The summed E-state index contributed by atoms with van der Waals surface area (Å²) in [6.07, 6.45) is 2.02. The molecule has 0 bridgehead atoms. The van der Waals surface area contributed by atoms with Crippen molar-refractivity contribution in [2.24, 2.45) is 0 Å². The number of benzene rings is 2. The number of nitrogens with one attached hydrogen (secondary N) is 1. The van der Waals surface area contributed by atoms with E-state index in [0.29, 0.717) is 23.8 Å². The zero-order valence-corrected chi connectivity index (χ0v) is 16.1. The second-order valence-corrected chi connectivity index (χ2v) is 6.41. The number of methoxy groups -OCH3 is 3. The Morgan fingerprint density at radius 1 is 1.07 bits per heavy atom. The number of aryl methyl sites for hydroxylation is 1. The van der Waals surface area contributed by atoms with Gasteiger partial charge in [0.15, 0.2) is 11.5 Å². The van der Waals surface area contributed by atoms with Gasteiger partial charge in [-0.25, -0.2) is 0 Å². The Kier molecular flexibility index (Phi) is 6.19. The van der Waals surface area contributed by atoms with E-state index in [-0.39, 0.29) is 12.5 Å². The second-order valence-electron chi connectivity index (χ2n) is 6.41. The van der Waals surface area contributed by atoms with Gasteiger partial charge in [0.25, 0.3) is 0 Å². The molecule has 0 spiro atoms. The predicted molar refractivity (Wildman–Crippen MR) is 105 cm³/mol. The number of amides is 1. The van der Waals surface area contributed by atoms with Gasteiger partial charge in [0.2, 0.25) is 11.7 Å². The van der Waals surface area contributed by atoms with E-state index in [2.05, 4.69) is 11.4 Å². The first-order valence-electron chi connectivity index (χ1n) is 9.05. The molecule has 0 unspecified atom stereocenters. The molecule has 1 amide bonds. The number of hydrogen-bond donors (Lipinski definition) is 1. The summed E-state index contributed by atoms with van der Waals surface area (Å²) in [6.45, 7) is 1.56. The molecule has 6 heteroatoms. The summed E-state index contributed by atoms with van der Waals surface area (Å²) in [5.74, 6) is 1.84. The number of hydrogen-bond acceptors (Lipinski definition) is 5. The van der Waals surface area contributed by atoms with E-state index in [1.165, 1.54) is 5.56 Å². The van der Waals surface area contributed by atoms with E-state index < -0.39 is 0 Å². The number of anilines is 1. The number of rotatable bonds is 7. The van der Waals surface area contributed by atoms with Crippen molar-refractivity contribution in [1.82, 2.24) is 5.32 Å². The summed E-state index contributed by atoms with van der Waals surface area (Å²) in [5.41, 5.74) is 3.22. The minimum Gasteiger partial charge on any atom is -0.493 e. The second kappa shape index (κ2) is 8.77. The van der Waals surface area contributed by atoms with E-state index in [1.54, 1.807) is 21.3 Å². The van der Waals surface area contributed by atoms with Gasteiger partial charge in [-0.05, 0) is 42.2 Å². The van der Waals surface area contributed by atoms with Crippen LogP contribution in [0.5, 0.6) is 17.2 Å². The van der Waals surface area contributed by atoms with Crippen molar-refractivity contribution in [3.8, 4) is 17.2 Å². The van der Waals surface area contributed by atoms with Crippen molar-refractivity contribution >= 4 is 11.6 Å². The summed E-state index contributed by atoms with van der Waals surface area (Å²) < 4.78 is 16.1. The molecule has 2 aromatic carbocycles. The van der Waals surface area contributed by atoms with Crippen LogP contribution < -0.4 is 24.4 Å². The molecule has 3 rings (SSSR count). The minimum absolute atomic E-state index is 0.0783. The summed E-state index contributed by atoms with van der Waals surface area (Å²) in [5, 5.41) is 3.23. The molecule has 0 saturated heterocycles. The normalized spacial score (nSPS) is 13.1. The van der Waals surface area contributed by atoms with Gasteiger partial charge in [0, 0.05) is 18.8 Å². The van der Waals surface area contributed by atoms with Gasteiger partial charge in [0.1, 0.15) is 0 Å². The van der Waals surface area contributed by atoms with Gasteiger partial charge in [-0.2, -0.15) is 0 Å². The Morgan fingerprint density at radius 3 is 2.44 bits per heavy atom. The number of fused-ring (bicyclic) bond motifs is 1. The van der Waals surface area contributed by atoms with Crippen LogP contribution in [0.2, 0.25) is 0 Å². The summed E-state index contributed by atoms with van der Waals surface area (Å²) in [6, 6.07) is 11.9. The first kappa shape index (κ1) is 19.0. The van der Waals surface area contributed by atoms with Crippen molar-refractivity contribution in [1.29, 1.82) is 0 Å². The fraction of sp³-hybridized carbons (Fsp3) is 0.381. The lowest BCUT2D eigenvalue weighted by Gasteiger charge is -2.29. The van der Waals surface area contributed by atoms with Gasteiger partial charge in [-0.1, -0.05) is 18.2 Å². The third-order valence-electron chi connectivity index (χ3n) is 4.74. The molecule has 27 heavy (non-hydrogen) atoms. The van der Waals surface area contributed by atoms with Crippen LogP contribution in [0.1, 0.15) is 17.5 Å². The van der Waals surface area contributed by atoms with E-state index in [9.17, 15) is 4.79 Å². The molecule has 6 nitrogen and oxygen atoms in total. The number of carbonyl (C=O) groups excluding carboxylic acids is 1.